The first-order valence-electron chi connectivity index (χ1n) is 7.31. The molecular weight excluding hydrogens is 376 g/mol. The molecular formula is C16H19BrN4O3. The second-order valence-corrected chi connectivity index (χ2v) is 6.47. The molecule has 8 heteroatoms. The third kappa shape index (κ3) is 5.47. The van der Waals surface area contributed by atoms with Gasteiger partial charge in [0, 0.05) is 16.2 Å². The molecule has 1 aromatic heterocycles. The van der Waals surface area contributed by atoms with Crippen molar-refractivity contribution in [3.63, 3.8) is 0 Å². The molecule has 0 aliphatic rings. The summed E-state index contributed by atoms with van der Waals surface area (Å²) < 4.78 is 5.83. The summed E-state index contributed by atoms with van der Waals surface area (Å²) >= 11 is 3.38. The molecule has 2 amide bonds. The van der Waals surface area contributed by atoms with Crippen LogP contribution in [0.3, 0.4) is 0 Å². The lowest BCUT2D eigenvalue weighted by atomic mass is 10.2. The molecule has 0 spiro atoms. The third-order valence-corrected chi connectivity index (χ3v) is 3.68. The highest BCUT2D eigenvalue weighted by atomic mass is 79.9. The first-order valence-corrected chi connectivity index (χ1v) is 8.10. The van der Waals surface area contributed by atoms with E-state index in [4.69, 9.17) is 4.52 Å². The Kier molecular flexibility index (Phi) is 6.10. The maximum absolute atomic E-state index is 12.1. The molecule has 0 aliphatic heterocycles. The highest BCUT2D eigenvalue weighted by Crippen LogP contribution is 2.19. The number of aryl methyl sites for hydroxylation is 2. The van der Waals surface area contributed by atoms with Gasteiger partial charge in [-0.05, 0) is 44.7 Å². The van der Waals surface area contributed by atoms with Gasteiger partial charge < -0.3 is 15.2 Å². The fraction of sp³-hybridized carbons (Fsp3) is 0.312. The fourth-order valence-electron chi connectivity index (χ4n) is 2.11. The van der Waals surface area contributed by atoms with Gasteiger partial charge in [-0.3, -0.25) is 14.5 Å². The van der Waals surface area contributed by atoms with Crippen molar-refractivity contribution in [2.45, 2.75) is 13.8 Å². The molecule has 2 N–H and O–H groups in total. The average molecular weight is 395 g/mol. The van der Waals surface area contributed by atoms with E-state index in [1.807, 2.05) is 25.1 Å². The molecule has 1 aromatic carbocycles. The van der Waals surface area contributed by atoms with E-state index in [1.54, 1.807) is 24.9 Å². The molecule has 24 heavy (non-hydrogen) atoms. The lowest BCUT2D eigenvalue weighted by Crippen LogP contribution is -2.36. The normalized spacial score (nSPS) is 10.7. The smallest absolute Gasteiger partial charge is 0.239 e. The van der Waals surface area contributed by atoms with E-state index in [0.717, 1.165) is 15.7 Å². The number of rotatable bonds is 6. The molecule has 0 aliphatic carbocycles. The van der Waals surface area contributed by atoms with Crippen LogP contribution in [0.25, 0.3) is 0 Å². The number of carbonyl (C=O) groups is 2. The quantitative estimate of drug-likeness (QED) is 0.785. The Balaban J connectivity index is 1.81. The maximum atomic E-state index is 12.1. The molecule has 128 valence electrons. The van der Waals surface area contributed by atoms with Crippen molar-refractivity contribution in [2.24, 2.45) is 0 Å². The molecule has 0 unspecified atom stereocenters. The highest BCUT2D eigenvalue weighted by molar-refractivity contribution is 9.10. The Bertz CT molecular complexity index is 745. The molecule has 0 bridgehead atoms. The number of carbonyl (C=O) groups excluding carboxylic acids is 2. The number of anilines is 2. The number of nitrogens with zero attached hydrogens (tertiary/aromatic N) is 2. The van der Waals surface area contributed by atoms with Gasteiger partial charge in [0.1, 0.15) is 5.76 Å². The summed E-state index contributed by atoms with van der Waals surface area (Å²) in [5.41, 5.74) is 1.71. The van der Waals surface area contributed by atoms with Gasteiger partial charge >= 0.3 is 0 Å². The zero-order valence-electron chi connectivity index (χ0n) is 13.7. The van der Waals surface area contributed by atoms with Crippen LogP contribution in [0.5, 0.6) is 0 Å². The number of halogens is 1. The first-order chi connectivity index (χ1) is 11.3. The van der Waals surface area contributed by atoms with E-state index in [2.05, 4.69) is 31.7 Å². The van der Waals surface area contributed by atoms with Crippen LogP contribution in [-0.2, 0) is 9.59 Å². The Morgan fingerprint density at radius 2 is 1.83 bits per heavy atom. The Morgan fingerprint density at radius 3 is 2.42 bits per heavy atom. The van der Waals surface area contributed by atoms with Crippen LogP contribution in [0, 0.1) is 13.8 Å². The Hall–Kier alpha value is -2.19. The minimum Gasteiger partial charge on any atom is -0.360 e. The summed E-state index contributed by atoms with van der Waals surface area (Å²) in [6.45, 7) is 3.82. The lowest BCUT2D eigenvalue weighted by molar-refractivity contribution is -0.119. The minimum atomic E-state index is -0.265. The molecule has 0 saturated heterocycles. The maximum Gasteiger partial charge on any atom is 0.239 e. The van der Waals surface area contributed by atoms with E-state index >= 15 is 0 Å². The summed E-state index contributed by atoms with van der Waals surface area (Å²) in [6.07, 6.45) is 0. The molecule has 0 saturated carbocycles. The number of likely N-dealkylation sites (N-methyl/N-ethyl adjacent to an activating group) is 1. The zero-order valence-corrected chi connectivity index (χ0v) is 15.3. The van der Waals surface area contributed by atoms with Gasteiger partial charge in [0.2, 0.25) is 11.8 Å². The number of hydrogen-bond donors (Lipinski definition) is 2. The van der Waals surface area contributed by atoms with Crippen molar-refractivity contribution >= 4 is 39.2 Å². The van der Waals surface area contributed by atoms with E-state index < -0.39 is 0 Å². The summed E-state index contributed by atoms with van der Waals surface area (Å²) in [7, 11) is 1.70. The predicted molar refractivity (Wildman–Crippen MR) is 94.9 cm³/mol. The number of amides is 2. The van der Waals surface area contributed by atoms with Crippen molar-refractivity contribution < 1.29 is 14.1 Å². The van der Waals surface area contributed by atoms with Gasteiger partial charge in [-0.25, -0.2) is 0 Å². The van der Waals surface area contributed by atoms with Gasteiger partial charge in [0.25, 0.3) is 0 Å². The molecule has 7 nitrogen and oxygen atoms in total. The van der Waals surface area contributed by atoms with Crippen LogP contribution in [0.2, 0.25) is 0 Å². The zero-order chi connectivity index (χ0) is 17.7. The fourth-order valence-corrected chi connectivity index (χ4v) is 2.59. The van der Waals surface area contributed by atoms with E-state index in [-0.39, 0.29) is 24.9 Å². The van der Waals surface area contributed by atoms with Crippen LogP contribution in [0.15, 0.2) is 33.3 Å². The minimum absolute atomic E-state index is 0.0681. The van der Waals surface area contributed by atoms with Gasteiger partial charge in [-0.2, -0.15) is 0 Å². The molecule has 2 aromatic rings. The second kappa shape index (κ2) is 8.07. The molecule has 0 radical (unpaired) electrons. The summed E-state index contributed by atoms with van der Waals surface area (Å²) in [5, 5.41) is 9.13. The van der Waals surface area contributed by atoms with Crippen LogP contribution >= 0.6 is 15.9 Å². The third-order valence-electron chi connectivity index (χ3n) is 3.19. The summed E-state index contributed by atoms with van der Waals surface area (Å²) in [6, 6.07) is 7.24. The van der Waals surface area contributed by atoms with Crippen molar-refractivity contribution in [3.05, 3.63) is 40.1 Å². The Labute approximate surface area is 148 Å². The number of hydrogen-bond acceptors (Lipinski definition) is 5. The Morgan fingerprint density at radius 1 is 1.17 bits per heavy atom. The van der Waals surface area contributed by atoms with Crippen LogP contribution in [0.1, 0.15) is 11.3 Å². The molecule has 0 atom stereocenters. The summed E-state index contributed by atoms with van der Waals surface area (Å²) in [5.74, 6) is 0.523. The number of aromatic nitrogens is 1. The largest absolute Gasteiger partial charge is 0.360 e. The lowest BCUT2D eigenvalue weighted by Gasteiger charge is -2.16. The second-order valence-electron chi connectivity index (χ2n) is 5.55. The van der Waals surface area contributed by atoms with Gasteiger partial charge in [-0.1, -0.05) is 21.1 Å². The molecule has 0 fully saturated rings. The van der Waals surface area contributed by atoms with Gasteiger partial charge in [0.15, 0.2) is 5.82 Å². The predicted octanol–water partition coefficient (Wildman–Crippen LogP) is 2.56. The standard InChI is InChI=1S/C16H19BrN4O3/c1-10-6-12(17)4-5-13(10)18-15(22)8-21(3)9-16(23)19-14-7-11(2)24-20-14/h4-7H,8-9H2,1-3H3,(H,18,22)(H,19,20,23). The topological polar surface area (TPSA) is 87.5 Å². The van der Waals surface area contributed by atoms with Crippen molar-refractivity contribution in [2.75, 3.05) is 30.8 Å². The number of nitrogens with one attached hydrogen (secondary N) is 2. The summed E-state index contributed by atoms with van der Waals surface area (Å²) in [4.78, 5) is 25.6. The van der Waals surface area contributed by atoms with Crippen molar-refractivity contribution in [1.29, 1.82) is 0 Å². The first kappa shape index (κ1) is 18.2. The van der Waals surface area contributed by atoms with E-state index in [0.29, 0.717) is 11.6 Å². The van der Waals surface area contributed by atoms with Crippen molar-refractivity contribution in [1.82, 2.24) is 10.1 Å². The van der Waals surface area contributed by atoms with Crippen LogP contribution in [-0.4, -0.2) is 42.0 Å². The van der Waals surface area contributed by atoms with Crippen LogP contribution < -0.4 is 10.6 Å². The number of benzene rings is 1. The van der Waals surface area contributed by atoms with Gasteiger partial charge in [0.05, 0.1) is 13.1 Å². The monoisotopic (exact) mass is 394 g/mol. The van der Waals surface area contributed by atoms with Gasteiger partial charge in [-0.15, -0.1) is 0 Å². The van der Waals surface area contributed by atoms with Crippen molar-refractivity contribution in [3.8, 4) is 0 Å². The highest BCUT2D eigenvalue weighted by Gasteiger charge is 2.13. The van der Waals surface area contributed by atoms with E-state index in [9.17, 15) is 9.59 Å². The van der Waals surface area contributed by atoms with Crippen LogP contribution in [0.4, 0.5) is 11.5 Å². The average Bonchev–Trinajstić information content (AvgIpc) is 2.86. The molecule has 1 heterocycles. The SMILES string of the molecule is Cc1cc(NC(=O)CN(C)CC(=O)Nc2ccc(Br)cc2C)no1. The van der Waals surface area contributed by atoms with E-state index in [1.165, 1.54) is 0 Å². The molecule has 2 rings (SSSR count).